The molecule has 0 fully saturated rings. The minimum atomic E-state index is -1.51. The lowest BCUT2D eigenvalue weighted by Crippen LogP contribution is -2.26. The van der Waals surface area contributed by atoms with Crippen LogP contribution < -0.4 is 5.32 Å². The van der Waals surface area contributed by atoms with Crippen LogP contribution in [0.1, 0.15) is 27.6 Å². The van der Waals surface area contributed by atoms with Crippen LogP contribution in [0.2, 0.25) is 0 Å². The van der Waals surface area contributed by atoms with Crippen LogP contribution in [0.15, 0.2) is 12.1 Å². The fourth-order valence-corrected chi connectivity index (χ4v) is 1.22. The van der Waals surface area contributed by atoms with Crippen molar-refractivity contribution in [3.05, 3.63) is 34.9 Å². The maximum absolute atomic E-state index is 13.0. The van der Waals surface area contributed by atoms with E-state index >= 15 is 0 Å². The Hall–Kier alpha value is -2.42. The summed E-state index contributed by atoms with van der Waals surface area (Å²) in [5.74, 6) is 0.0980. The van der Waals surface area contributed by atoms with Gasteiger partial charge in [0.25, 0.3) is 5.91 Å². The third kappa shape index (κ3) is 3.04. The molecule has 0 spiro atoms. The Morgan fingerprint density at radius 2 is 1.83 bits per heavy atom. The Morgan fingerprint density at radius 1 is 1.28 bits per heavy atom. The van der Waals surface area contributed by atoms with Crippen LogP contribution in [-0.2, 0) is 0 Å². The molecule has 0 atom stereocenters. The van der Waals surface area contributed by atoms with Gasteiger partial charge in [-0.3, -0.25) is 4.79 Å². The van der Waals surface area contributed by atoms with Gasteiger partial charge in [-0.15, -0.1) is 5.92 Å². The summed E-state index contributed by atoms with van der Waals surface area (Å²) in [4.78, 5) is 22.4. The first-order valence-corrected chi connectivity index (χ1v) is 4.87. The van der Waals surface area contributed by atoms with Crippen LogP contribution >= 0.6 is 0 Å². The lowest BCUT2D eigenvalue weighted by molar-refractivity contribution is 0.0690. The number of amides is 1. The number of aromatic carboxylic acids is 1. The van der Waals surface area contributed by atoms with E-state index < -0.39 is 34.6 Å². The molecule has 0 saturated heterocycles. The number of halogens is 2. The van der Waals surface area contributed by atoms with E-state index in [1.54, 1.807) is 6.92 Å². The molecular formula is C12H9F2NO3. The van der Waals surface area contributed by atoms with Gasteiger partial charge < -0.3 is 10.4 Å². The topological polar surface area (TPSA) is 66.4 Å². The third-order valence-electron chi connectivity index (χ3n) is 2.05. The van der Waals surface area contributed by atoms with Gasteiger partial charge in [-0.1, -0.05) is 5.92 Å². The summed E-state index contributed by atoms with van der Waals surface area (Å²) < 4.78 is 25.9. The van der Waals surface area contributed by atoms with Crippen LogP contribution in [0.25, 0.3) is 0 Å². The summed E-state index contributed by atoms with van der Waals surface area (Å²) in [5, 5.41) is 11.1. The van der Waals surface area contributed by atoms with Crippen molar-refractivity contribution in [2.24, 2.45) is 0 Å². The zero-order chi connectivity index (χ0) is 13.7. The van der Waals surface area contributed by atoms with E-state index in [0.717, 1.165) is 0 Å². The minimum absolute atomic E-state index is 0.00656. The standard InChI is InChI=1S/C12H9F2NO3/c1-2-3-4-15-11(16)7-5-9(13)10(14)6-8(7)12(17)18/h5-6H,4H2,1H3,(H,15,16)(H,17,18). The van der Waals surface area contributed by atoms with E-state index in [1.165, 1.54) is 0 Å². The average molecular weight is 253 g/mol. The predicted molar refractivity (Wildman–Crippen MR) is 59.1 cm³/mol. The lowest BCUT2D eigenvalue weighted by Gasteiger charge is -2.06. The molecule has 6 heteroatoms. The summed E-state index contributed by atoms with van der Waals surface area (Å²) in [7, 11) is 0. The van der Waals surface area contributed by atoms with Crippen LogP contribution in [-0.4, -0.2) is 23.5 Å². The number of benzene rings is 1. The largest absolute Gasteiger partial charge is 0.478 e. The zero-order valence-electron chi connectivity index (χ0n) is 9.38. The number of hydrogen-bond acceptors (Lipinski definition) is 2. The molecule has 18 heavy (non-hydrogen) atoms. The average Bonchev–Trinajstić information content (AvgIpc) is 2.32. The van der Waals surface area contributed by atoms with Crippen LogP contribution in [0.5, 0.6) is 0 Å². The highest BCUT2D eigenvalue weighted by Gasteiger charge is 2.19. The van der Waals surface area contributed by atoms with E-state index in [2.05, 4.69) is 17.2 Å². The van der Waals surface area contributed by atoms with Gasteiger partial charge in [0.1, 0.15) is 0 Å². The molecule has 0 bridgehead atoms. The fraction of sp³-hybridized carbons (Fsp3) is 0.167. The predicted octanol–water partition coefficient (Wildman–Crippen LogP) is 1.42. The molecule has 1 rings (SSSR count). The molecule has 1 aromatic rings. The van der Waals surface area contributed by atoms with E-state index in [1.807, 2.05) is 0 Å². The second kappa shape index (κ2) is 5.77. The Morgan fingerprint density at radius 3 is 2.33 bits per heavy atom. The van der Waals surface area contributed by atoms with Crippen molar-refractivity contribution in [3.63, 3.8) is 0 Å². The van der Waals surface area contributed by atoms with Gasteiger partial charge in [0.15, 0.2) is 11.6 Å². The smallest absolute Gasteiger partial charge is 0.336 e. The van der Waals surface area contributed by atoms with Crippen molar-refractivity contribution in [3.8, 4) is 11.8 Å². The second-order valence-corrected chi connectivity index (χ2v) is 3.23. The summed E-state index contributed by atoms with van der Waals surface area (Å²) in [6.45, 7) is 1.56. The van der Waals surface area contributed by atoms with E-state index in [4.69, 9.17) is 5.11 Å². The van der Waals surface area contributed by atoms with Gasteiger partial charge in [0, 0.05) is 0 Å². The number of nitrogens with one attached hydrogen (secondary N) is 1. The van der Waals surface area contributed by atoms with Crippen LogP contribution in [0.4, 0.5) is 8.78 Å². The molecule has 2 N–H and O–H groups in total. The molecule has 0 unspecified atom stereocenters. The lowest BCUT2D eigenvalue weighted by atomic mass is 10.1. The van der Waals surface area contributed by atoms with E-state index in [9.17, 15) is 18.4 Å². The molecule has 4 nitrogen and oxygen atoms in total. The summed E-state index contributed by atoms with van der Waals surface area (Å²) in [6, 6.07) is 1.02. The molecule has 0 aromatic heterocycles. The first-order valence-electron chi connectivity index (χ1n) is 4.87. The monoisotopic (exact) mass is 253 g/mol. The van der Waals surface area contributed by atoms with E-state index in [0.29, 0.717) is 12.1 Å². The van der Waals surface area contributed by atoms with Gasteiger partial charge in [-0.2, -0.15) is 0 Å². The van der Waals surface area contributed by atoms with Crippen molar-refractivity contribution in [2.75, 3.05) is 6.54 Å². The number of hydrogen-bond donors (Lipinski definition) is 2. The van der Waals surface area contributed by atoms with Crippen molar-refractivity contribution < 1.29 is 23.5 Å². The first-order chi connectivity index (χ1) is 8.47. The highest BCUT2D eigenvalue weighted by molar-refractivity contribution is 6.04. The van der Waals surface area contributed by atoms with Crippen molar-refractivity contribution >= 4 is 11.9 Å². The molecule has 0 radical (unpaired) electrons. The van der Waals surface area contributed by atoms with Crippen LogP contribution in [0.3, 0.4) is 0 Å². The number of carbonyl (C=O) groups excluding carboxylic acids is 1. The number of carboxylic acids is 1. The maximum atomic E-state index is 13.0. The summed E-state index contributed by atoms with van der Waals surface area (Å²) in [5.41, 5.74) is -1.05. The molecule has 0 aliphatic heterocycles. The van der Waals surface area contributed by atoms with Crippen molar-refractivity contribution in [1.29, 1.82) is 0 Å². The molecule has 94 valence electrons. The normalized spacial score (nSPS) is 9.28. The van der Waals surface area contributed by atoms with Gasteiger partial charge in [0.05, 0.1) is 17.7 Å². The van der Waals surface area contributed by atoms with Gasteiger partial charge in [0.2, 0.25) is 0 Å². The SMILES string of the molecule is CC#CCNC(=O)c1cc(F)c(F)cc1C(=O)O. The van der Waals surface area contributed by atoms with Crippen molar-refractivity contribution in [1.82, 2.24) is 5.32 Å². The van der Waals surface area contributed by atoms with Gasteiger partial charge in [-0.05, 0) is 19.1 Å². The molecular weight excluding hydrogens is 244 g/mol. The summed E-state index contributed by atoms with van der Waals surface area (Å²) >= 11 is 0. The molecule has 1 amide bonds. The molecule has 1 aromatic carbocycles. The Labute approximate surface area is 102 Å². The fourth-order valence-electron chi connectivity index (χ4n) is 1.22. The second-order valence-electron chi connectivity index (χ2n) is 3.23. The molecule has 0 saturated carbocycles. The molecule has 0 heterocycles. The van der Waals surface area contributed by atoms with Crippen LogP contribution in [0, 0.1) is 23.5 Å². The maximum Gasteiger partial charge on any atom is 0.336 e. The number of carbonyl (C=O) groups is 2. The molecule has 0 aliphatic carbocycles. The highest BCUT2D eigenvalue weighted by Crippen LogP contribution is 2.15. The van der Waals surface area contributed by atoms with Gasteiger partial charge in [-0.25, -0.2) is 13.6 Å². The molecule has 0 aliphatic rings. The number of rotatable bonds is 3. The zero-order valence-corrected chi connectivity index (χ0v) is 9.38. The summed E-state index contributed by atoms with van der Waals surface area (Å²) in [6.07, 6.45) is 0. The highest BCUT2D eigenvalue weighted by atomic mass is 19.2. The van der Waals surface area contributed by atoms with Crippen molar-refractivity contribution in [2.45, 2.75) is 6.92 Å². The quantitative estimate of drug-likeness (QED) is 0.800. The first kappa shape index (κ1) is 13.6. The third-order valence-corrected chi connectivity index (χ3v) is 2.05. The number of carboxylic acid groups (broad SMARTS) is 1. The Bertz CT molecular complexity index is 558. The Kier molecular flexibility index (Phi) is 4.38. The Balaban J connectivity index is 3.12. The van der Waals surface area contributed by atoms with E-state index in [-0.39, 0.29) is 6.54 Å². The minimum Gasteiger partial charge on any atom is -0.478 e. The van der Waals surface area contributed by atoms with Gasteiger partial charge >= 0.3 is 5.97 Å².